The number of Topliss-reactive ketones (excluding diaryl/α,β-unsaturated/α-hetero) is 1. The fourth-order valence-corrected chi connectivity index (χ4v) is 4.55. The predicted molar refractivity (Wildman–Crippen MR) is 110 cm³/mol. The molecule has 0 amide bonds. The summed E-state index contributed by atoms with van der Waals surface area (Å²) in [6, 6.07) is 15.5. The second kappa shape index (κ2) is 6.62. The molecule has 0 radical (unpaired) electrons. The molecule has 5 nitrogen and oxygen atoms in total. The molecule has 5 heteroatoms. The quantitative estimate of drug-likeness (QED) is 0.651. The molecule has 0 fully saturated rings. The molecule has 0 saturated carbocycles. The Balaban J connectivity index is 1.61. The molecule has 2 heterocycles. The number of allylic oxidation sites excluding steroid dienone is 2. The van der Waals surface area contributed by atoms with Crippen LogP contribution in [0, 0.1) is 13.8 Å². The second-order valence-electron chi connectivity index (χ2n) is 7.99. The van der Waals surface area contributed by atoms with Gasteiger partial charge in [-0.1, -0.05) is 47.1 Å². The highest BCUT2D eigenvalue weighted by Crippen LogP contribution is 2.49. The van der Waals surface area contributed by atoms with Crippen LogP contribution in [0.3, 0.4) is 0 Å². The van der Waals surface area contributed by atoms with Gasteiger partial charge in [0.1, 0.15) is 5.75 Å². The number of carbonyl (C=O) groups excluding carboxylic acids is 1. The molecule has 146 valence electrons. The van der Waals surface area contributed by atoms with E-state index in [-0.39, 0.29) is 23.4 Å². The average molecular weight is 386 g/mol. The number of benzene rings is 2. The van der Waals surface area contributed by atoms with Gasteiger partial charge in [0.15, 0.2) is 5.78 Å². The Hall–Kier alpha value is -3.34. The van der Waals surface area contributed by atoms with Gasteiger partial charge < -0.3 is 14.9 Å². The van der Waals surface area contributed by atoms with Gasteiger partial charge >= 0.3 is 0 Å². The highest BCUT2D eigenvalue weighted by Gasteiger charge is 2.41. The fraction of sp³-hybridized carbons (Fsp3) is 0.250. The van der Waals surface area contributed by atoms with Gasteiger partial charge in [0, 0.05) is 23.6 Å². The van der Waals surface area contributed by atoms with E-state index in [4.69, 9.17) is 4.52 Å². The van der Waals surface area contributed by atoms with Crippen molar-refractivity contribution in [2.24, 2.45) is 0 Å². The molecular formula is C24H22N2O3. The zero-order chi connectivity index (χ0) is 20.1. The Morgan fingerprint density at radius 2 is 1.69 bits per heavy atom. The number of nitrogens with zero attached hydrogens (tertiary/aromatic N) is 1. The van der Waals surface area contributed by atoms with Crippen LogP contribution >= 0.6 is 0 Å². The molecule has 2 N–H and O–H groups in total. The topological polar surface area (TPSA) is 75.4 Å². The zero-order valence-electron chi connectivity index (χ0n) is 16.4. The number of aromatic hydroxyl groups is 1. The number of hydrogen-bond donors (Lipinski definition) is 2. The summed E-state index contributed by atoms with van der Waals surface area (Å²) < 4.78 is 5.56. The van der Waals surface area contributed by atoms with E-state index in [2.05, 4.69) is 41.7 Å². The highest BCUT2D eigenvalue weighted by molar-refractivity contribution is 6.01. The summed E-state index contributed by atoms with van der Waals surface area (Å²) in [5.41, 5.74) is 6.80. The Kier molecular flexibility index (Phi) is 4.05. The van der Waals surface area contributed by atoms with Crippen LogP contribution in [-0.4, -0.2) is 16.0 Å². The van der Waals surface area contributed by atoms with Crippen LogP contribution in [0.2, 0.25) is 0 Å². The first-order valence-electron chi connectivity index (χ1n) is 9.86. The third-order valence-corrected chi connectivity index (χ3v) is 6.03. The molecule has 3 aromatic rings. The number of hydrogen-bond acceptors (Lipinski definition) is 5. The van der Waals surface area contributed by atoms with E-state index in [1.807, 2.05) is 19.1 Å². The number of carbonyl (C=O) groups is 1. The number of nitrogens with one attached hydrogen (secondary N) is 1. The molecule has 1 aliphatic heterocycles. The summed E-state index contributed by atoms with van der Waals surface area (Å²) in [5.74, 6) is 0.910. The molecule has 1 aromatic heterocycles. The Morgan fingerprint density at radius 1 is 1.00 bits per heavy atom. The maximum absolute atomic E-state index is 13.4. The number of phenols is 1. The molecular weight excluding hydrogens is 364 g/mol. The van der Waals surface area contributed by atoms with Gasteiger partial charge in [0.2, 0.25) is 5.88 Å². The summed E-state index contributed by atoms with van der Waals surface area (Å²) in [6.07, 6.45) is 1.17. The van der Waals surface area contributed by atoms with E-state index in [1.54, 1.807) is 12.1 Å². The summed E-state index contributed by atoms with van der Waals surface area (Å²) >= 11 is 0. The highest BCUT2D eigenvalue weighted by atomic mass is 16.5. The summed E-state index contributed by atoms with van der Waals surface area (Å²) in [6.45, 7) is 3.98. The minimum absolute atomic E-state index is 0.0681. The van der Waals surface area contributed by atoms with Crippen molar-refractivity contribution in [3.63, 3.8) is 0 Å². The van der Waals surface area contributed by atoms with Crippen molar-refractivity contribution in [2.75, 3.05) is 5.32 Å². The number of phenolic OH excluding ortho intramolecular Hbond substituents is 1. The van der Waals surface area contributed by atoms with Crippen LogP contribution in [0.25, 0.3) is 0 Å². The molecule has 1 aliphatic carbocycles. The van der Waals surface area contributed by atoms with E-state index in [0.29, 0.717) is 18.7 Å². The van der Waals surface area contributed by atoms with Crippen LogP contribution in [0.1, 0.15) is 52.6 Å². The van der Waals surface area contributed by atoms with Crippen LogP contribution in [0.15, 0.2) is 64.3 Å². The van der Waals surface area contributed by atoms with Gasteiger partial charge in [-0.25, -0.2) is 0 Å². The van der Waals surface area contributed by atoms with Gasteiger partial charge in [-0.2, -0.15) is 0 Å². The van der Waals surface area contributed by atoms with E-state index in [0.717, 1.165) is 33.7 Å². The lowest BCUT2D eigenvalue weighted by atomic mass is 9.72. The van der Waals surface area contributed by atoms with Gasteiger partial charge in [-0.05, 0) is 49.4 Å². The summed E-state index contributed by atoms with van der Waals surface area (Å²) in [5, 5.41) is 17.1. The van der Waals surface area contributed by atoms with Crippen molar-refractivity contribution < 1.29 is 14.4 Å². The summed E-state index contributed by atoms with van der Waals surface area (Å²) in [7, 11) is 0. The lowest BCUT2D eigenvalue weighted by Crippen LogP contribution is -2.29. The molecule has 5 rings (SSSR count). The minimum atomic E-state index is -0.165. The van der Waals surface area contributed by atoms with Crippen molar-refractivity contribution >= 4 is 11.7 Å². The normalized spacial score (nSPS) is 20.8. The smallest absolute Gasteiger partial charge is 0.233 e. The summed E-state index contributed by atoms with van der Waals surface area (Å²) in [4.78, 5) is 13.4. The van der Waals surface area contributed by atoms with Crippen molar-refractivity contribution in [3.8, 4) is 5.75 Å². The van der Waals surface area contributed by atoms with Crippen molar-refractivity contribution in [1.82, 2.24) is 5.16 Å². The molecule has 2 aromatic carbocycles. The average Bonchev–Trinajstić information content (AvgIpc) is 3.08. The zero-order valence-corrected chi connectivity index (χ0v) is 16.4. The molecule has 0 unspecified atom stereocenters. The Labute approximate surface area is 169 Å². The number of rotatable bonds is 2. The van der Waals surface area contributed by atoms with Gasteiger partial charge in [-0.15, -0.1) is 0 Å². The molecule has 0 bridgehead atoms. The van der Waals surface area contributed by atoms with Gasteiger partial charge in [0.05, 0.1) is 11.3 Å². The maximum Gasteiger partial charge on any atom is 0.233 e. The largest absolute Gasteiger partial charge is 0.508 e. The number of aromatic nitrogens is 1. The first-order valence-corrected chi connectivity index (χ1v) is 9.86. The molecule has 2 atom stereocenters. The predicted octanol–water partition coefficient (Wildman–Crippen LogP) is 4.96. The van der Waals surface area contributed by atoms with Crippen molar-refractivity contribution in [3.05, 3.63) is 87.7 Å². The number of aryl methyl sites for hydroxylation is 2. The van der Waals surface area contributed by atoms with Gasteiger partial charge in [-0.3, -0.25) is 4.79 Å². The van der Waals surface area contributed by atoms with E-state index < -0.39 is 0 Å². The standard InChI is InChI=1S/C24H22N2O3/c1-13-3-5-16(6-4-13)22-21-14(2)26-29-24(21)25-19-11-17(12-20(28)23(19)22)15-7-9-18(27)10-8-15/h3-10,17,22,25,27H,11-12H2,1-2H3/t17-,22-/m1/s1. The fourth-order valence-electron chi connectivity index (χ4n) is 4.55. The monoisotopic (exact) mass is 386 g/mol. The Morgan fingerprint density at radius 3 is 2.41 bits per heavy atom. The third-order valence-electron chi connectivity index (χ3n) is 6.03. The van der Waals surface area contributed by atoms with Crippen LogP contribution < -0.4 is 5.32 Å². The minimum Gasteiger partial charge on any atom is -0.508 e. The first kappa shape index (κ1) is 17.7. The number of ketones is 1. The SMILES string of the molecule is Cc1ccc([C@H]2C3=C(C[C@@H](c4ccc(O)cc4)CC3=O)Nc3onc(C)c32)cc1. The lowest BCUT2D eigenvalue weighted by molar-refractivity contribution is -0.116. The second-order valence-corrected chi connectivity index (χ2v) is 7.99. The van der Waals surface area contributed by atoms with Crippen molar-refractivity contribution in [1.29, 1.82) is 0 Å². The Bertz CT molecular complexity index is 1120. The van der Waals surface area contributed by atoms with Crippen LogP contribution in [0.4, 0.5) is 5.88 Å². The van der Waals surface area contributed by atoms with E-state index in [9.17, 15) is 9.90 Å². The van der Waals surface area contributed by atoms with Crippen LogP contribution in [0.5, 0.6) is 5.75 Å². The number of fused-ring (bicyclic) bond motifs is 1. The third kappa shape index (κ3) is 2.94. The van der Waals surface area contributed by atoms with E-state index >= 15 is 0 Å². The first-order chi connectivity index (χ1) is 14.0. The molecule has 2 aliphatic rings. The molecule has 29 heavy (non-hydrogen) atoms. The number of anilines is 1. The van der Waals surface area contributed by atoms with E-state index in [1.165, 1.54) is 5.56 Å². The molecule has 0 saturated heterocycles. The van der Waals surface area contributed by atoms with Crippen molar-refractivity contribution in [2.45, 2.75) is 38.5 Å². The maximum atomic E-state index is 13.4. The van der Waals surface area contributed by atoms with Crippen LogP contribution in [-0.2, 0) is 4.79 Å². The lowest BCUT2D eigenvalue weighted by Gasteiger charge is -2.34. The molecule has 0 spiro atoms. The van der Waals surface area contributed by atoms with Gasteiger partial charge in [0.25, 0.3) is 0 Å².